The highest BCUT2D eigenvalue weighted by molar-refractivity contribution is 6.30. The van der Waals surface area contributed by atoms with Crippen molar-refractivity contribution in [3.05, 3.63) is 58.9 Å². The van der Waals surface area contributed by atoms with Crippen molar-refractivity contribution >= 4 is 28.7 Å². The van der Waals surface area contributed by atoms with Crippen molar-refractivity contribution in [2.75, 3.05) is 0 Å². The minimum atomic E-state index is -1.05. The van der Waals surface area contributed by atoms with Gasteiger partial charge in [0.25, 0.3) is 0 Å². The van der Waals surface area contributed by atoms with Gasteiger partial charge < -0.3 is 14.3 Å². The number of carbonyl (C=O) groups is 1. The summed E-state index contributed by atoms with van der Waals surface area (Å²) in [5.74, 6) is -0.115. The molecule has 0 aliphatic carbocycles. The van der Waals surface area contributed by atoms with Crippen LogP contribution in [0.2, 0.25) is 5.02 Å². The molecule has 5 nitrogen and oxygen atoms in total. The number of carboxylic acids is 1. The maximum atomic E-state index is 11.1. The highest BCUT2D eigenvalue weighted by Gasteiger charge is 2.14. The smallest absolute Gasteiger partial charge is 0.339 e. The van der Waals surface area contributed by atoms with Gasteiger partial charge in [0.05, 0.1) is 0 Å². The third kappa shape index (κ3) is 2.83. The van der Waals surface area contributed by atoms with E-state index in [1.807, 2.05) is 0 Å². The lowest BCUT2D eigenvalue weighted by atomic mass is 10.2. The highest BCUT2D eigenvalue weighted by atomic mass is 35.5. The van der Waals surface area contributed by atoms with Gasteiger partial charge in [0.2, 0.25) is 5.89 Å². The van der Waals surface area contributed by atoms with Gasteiger partial charge in [0.1, 0.15) is 16.8 Å². The van der Waals surface area contributed by atoms with Crippen LogP contribution in [0.5, 0.6) is 5.75 Å². The molecule has 0 bridgehead atoms. The Labute approximate surface area is 124 Å². The van der Waals surface area contributed by atoms with Crippen LogP contribution in [0.3, 0.4) is 0 Å². The van der Waals surface area contributed by atoms with Crippen molar-refractivity contribution in [1.29, 1.82) is 0 Å². The van der Waals surface area contributed by atoms with Gasteiger partial charge in [-0.3, -0.25) is 0 Å². The van der Waals surface area contributed by atoms with Crippen LogP contribution in [0, 0.1) is 0 Å². The van der Waals surface area contributed by atoms with Crippen molar-refractivity contribution < 1.29 is 19.1 Å². The molecule has 3 rings (SSSR count). The van der Waals surface area contributed by atoms with Crippen LogP contribution in [0.25, 0.3) is 11.1 Å². The Balaban J connectivity index is 1.83. The molecular weight excluding hydrogens is 294 g/mol. The number of nitrogens with zero attached hydrogens (tertiary/aromatic N) is 1. The molecule has 0 spiro atoms. The van der Waals surface area contributed by atoms with Crippen LogP contribution in [0.1, 0.15) is 16.2 Å². The summed E-state index contributed by atoms with van der Waals surface area (Å²) in [5, 5.41) is 9.72. The van der Waals surface area contributed by atoms with Crippen LogP contribution < -0.4 is 4.74 Å². The Morgan fingerprint density at radius 2 is 2.00 bits per heavy atom. The first-order chi connectivity index (χ1) is 10.1. The predicted molar refractivity (Wildman–Crippen MR) is 76.8 cm³/mol. The van der Waals surface area contributed by atoms with Gasteiger partial charge in [-0.15, -0.1) is 0 Å². The lowest BCUT2D eigenvalue weighted by Gasteiger charge is -2.02. The second kappa shape index (κ2) is 5.46. The summed E-state index contributed by atoms with van der Waals surface area (Å²) < 4.78 is 11.0. The van der Waals surface area contributed by atoms with E-state index in [0.29, 0.717) is 22.2 Å². The summed E-state index contributed by atoms with van der Waals surface area (Å²) in [4.78, 5) is 15.3. The maximum Gasteiger partial charge on any atom is 0.339 e. The van der Waals surface area contributed by atoms with Crippen molar-refractivity contribution in [3.8, 4) is 5.75 Å². The van der Waals surface area contributed by atoms with E-state index in [4.69, 9.17) is 25.9 Å². The number of fused-ring (bicyclic) bond motifs is 1. The SMILES string of the molecule is O=C(O)c1cccc2nc(COc3ccc(Cl)cc3)oc12. The second-order valence-corrected chi connectivity index (χ2v) is 4.75. The Kier molecular flexibility index (Phi) is 3.50. The van der Waals surface area contributed by atoms with Crippen molar-refractivity contribution in [2.24, 2.45) is 0 Å². The predicted octanol–water partition coefficient (Wildman–Crippen LogP) is 3.76. The molecule has 0 unspecified atom stereocenters. The standard InChI is InChI=1S/C15H10ClNO4/c16-9-4-6-10(7-5-9)20-8-13-17-12-3-1-2-11(15(18)19)14(12)21-13/h1-7H,8H2,(H,18,19). The van der Waals surface area contributed by atoms with Crippen LogP contribution >= 0.6 is 11.6 Å². The number of benzene rings is 2. The van der Waals surface area contributed by atoms with Crippen LogP contribution in [-0.2, 0) is 6.61 Å². The fourth-order valence-electron chi connectivity index (χ4n) is 1.90. The van der Waals surface area contributed by atoms with Crippen molar-refractivity contribution in [3.63, 3.8) is 0 Å². The molecule has 0 radical (unpaired) electrons. The average Bonchev–Trinajstić information content (AvgIpc) is 2.89. The summed E-state index contributed by atoms with van der Waals surface area (Å²) in [6.45, 7) is 0.107. The summed E-state index contributed by atoms with van der Waals surface area (Å²) in [6, 6.07) is 11.7. The lowest BCUT2D eigenvalue weighted by molar-refractivity contribution is 0.0697. The van der Waals surface area contributed by atoms with Crippen LogP contribution in [0.4, 0.5) is 0 Å². The summed E-state index contributed by atoms with van der Waals surface area (Å²) in [6.07, 6.45) is 0. The first-order valence-electron chi connectivity index (χ1n) is 6.13. The zero-order valence-electron chi connectivity index (χ0n) is 10.7. The summed E-state index contributed by atoms with van der Waals surface area (Å²) in [5.41, 5.74) is 0.821. The molecule has 2 aromatic carbocycles. The number of para-hydroxylation sites is 1. The fraction of sp³-hybridized carbons (Fsp3) is 0.0667. The Bertz CT molecular complexity index is 795. The van der Waals surface area contributed by atoms with E-state index in [1.165, 1.54) is 6.07 Å². The van der Waals surface area contributed by atoms with Crippen LogP contribution in [0.15, 0.2) is 46.9 Å². The monoisotopic (exact) mass is 303 g/mol. The van der Waals surface area contributed by atoms with Crippen LogP contribution in [-0.4, -0.2) is 16.1 Å². The molecule has 0 saturated carbocycles. The van der Waals surface area contributed by atoms with Crippen molar-refractivity contribution in [1.82, 2.24) is 4.98 Å². The number of aromatic carboxylic acids is 1. The number of hydrogen-bond donors (Lipinski definition) is 1. The summed E-state index contributed by atoms with van der Waals surface area (Å²) >= 11 is 5.79. The molecule has 106 valence electrons. The minimum absolute atomic E-state index is 0.0812. The van der Waals surface area contributed by atoms with Gasteiger partial charge in [-0.25, -0.2) is 9.78 Å². The number of rotatable bonds is 4. The molecule has 6 heteroatoms. The topological polar surface area (TPSA) is 72.6 Å². The Hall–Kier alpha value is -2.53. The molecule has 1 N–H and O–H groups in total. The normalized spacial score (nSPS) is 10.7. The maximum absolute atomic E-state index is 11.1. The number of halogens is 1. The third-order valence-corrected chi connectivity index (χ3v) is 3.12. The Morgan fingerprint density at radius 1 is 1.24 bits per heavy atom. The average molecular weight is 304 g/mol. The fourth-order valence-corrected chi connectivity index (χ4v) is 2.03. The molecule has 0 fully saturated rings. The molecular formula is C15H10ClNO4. The molecule has 0 aliphatic heterocycles. The first-order valence-corrected chi connectivity index (χ1v) is 6.51. The summed E-state index contributed by atoms with van der Waals surface area (Å²) in [7, 11) is 0. The molecule has 0 amide bonds. The van der Waals surface area contributed by atoms with E-state index in [0.717, 1.165) is 0 Å². The van der Waals surface area contributed by atoms with Crippen molar-refractivity contribution in [2.45, 2.75) is 6.61 Å². The number of oxazole rings is 1. The number of aromatic nitrogens is 1. The van der Waals surface area contributed by atoms with Gasteiger partial charge in [-0.05, 0) is 36.4 Å². The first kappa shape index (κ1) is 13.5. The van der Waals surface area contributed by atoms with E-state index < -0.39 is 5.97 Å². The van der Waals surface area contributed by atoms with Gasteiger partial charge in [0, 0.05) is 5.02 Å². The number of ether oxygens (including phenoxy) is 1. The Morgan fingerprint density at radius 3 is 2.71 bits per heavy atom. The largest absolute Gasteiger partial charge is 0.484 e. The van der Waals surface area contributed by atoms with Gasteiger partial charge in [0.15, 0.2) is 12.2 Å². The van der Waals surface area contributed by atoms with E-state index in [-0.39, 0.29) is 17.8 Å². The van der Waals surface area contributed by atoms with Gasteiger partial charge in [-0.2, -0.15) is 0 Å². The minimum Gasteiger partial charge on any atom is -0.484 e. The third-order valence-electron chi connectivity index (χ3n) is 2.87. The van der Waals surface area contributed by atoms with E-state index >= 15 is 0 Å². The molecule has 0 atom stereocenters. The van der Waals surface area contributed by atoms with Gasteiger partial charge >= 0.3 is 5.97 Å². The number of carboxylic acid groups (broad SMARTS) is 1. The molecule has 1 aromatic heterocycles. The lowest BCUT2D eigenvalue weighted by Crippen LogP contribution is -1.95. The zero-order chi connectivity index (χ0) is 14.8. The van der Waals surface area contributed by atoms with E-state index in [1.54, 1.807) is 36.4 Å². The molecule has 3 aromatic rings. The molecule has 21 heavy (non-hydrogen) atoms. The van der Waals surface area contributed by atoms with E-state index in [2.05, 4.69) is 4.98 Å². The molecule has 1 heterocycles. The van der Waals surface area contributed by atoms with E-state index in [9.17, 15) is 4.79 Å². The van der Waals surface area contributed by atoms with Gasteiger partial charge in [-0.1, -0.05) is 17.7 Å². The highest BCUT2D eigenvalue weighted by Crippen LogP contribution is 2.22. The molecule has 0 saturated heterocycles. The zero-order valence-corrected chi connectivity index (χ0v) is 11.5. The molecule has 0 aliphatic rings. The quantitative estimate of drug-likeness (QED) is 0.794. The second-order valence-electron chi connectivity index (χ2n) is 4.31. The number of hydrogen-bond acceptors (Lipinski definition) is 4.